The second-order valence-corrected chi connectivity index (χ2v) is 4.17. The molecule has 0 bridgehead atoms. The van der Waals surface area contributed by atoms with Crippen LogP contribution in [-0.2, 0) is 14.8 Å². The highest BCUT2D eigenvalue weighted by Gasteiger charge is 2.32. The summed E-state index contributed by atoms with van der Waals surface area (Å²) in [5.74, 6) is -1.07. The summed E-state index contributed by atoms with van der Waals surface area (Å²) in [4.78, 5) is 11.4. The average Bonchev–Trinajstić information content (AvgIpc) is 2.20. The standard InChI is InChI=1S/C10H9BBrFO2/c1-10(11,9(14)15-2)7-5-6(13)3-4-8(7)12/h3-5H,1-2H3. The Labute approximate surface area is 97.4 Å². The molecule has 0 aliphatic rings. The average molecular weight is 271 g/mol. The Morgan fingerprint density at radius 2 is 2.20 bits per heavy atom. The summed E-state index contributed by atoms with van der Waals surface area (Å²) >= 11 is 3.21. The van der Waals surface area contributed by atoms with Crippen LogP contribution in [0.1, 0.15) is 12.5 Å². The van der Waals surface area contributed by atoms with E-state index in [1.165, 1.54) is 32.2 Å². The van der Waals surface area contributed by atoms with Gasteiger partial charge in [0.1, 0.15) is 5.82 Å². The topological polar surface area (TPSA) is 26.3 Å². The molecule has 0 aromatic heterocycles. The third-order valence-electron chi connectivity index (χ3n) is 2.10. The fraction of sp³-hybridized carbons (Fsp3) is 0.300. The first-order chi connectivity index (χ1) is 6.89. The lowest BCUT2D eigenvalue weighted by Gasteiger charge is -2.23. The molecule has 0 N–H and O–H groups in total. The summed E-state index contributed by atoms with van der Waals surface area (Å²) in [6.45, 7) is 1.47. The third-order valence-corrected chi connectivity index (χ3v) is 2.79. The van der Waals surface area contributed by atoms with Gasteiger partial charge in [-0.1, -0.05) is 22.9 Å². The van der Waals surface area contributed by atoms with Gasteiger partial charge in [0.25, 0.3) is 0 Å². The monoisotopic (exact) mass is 270 g/mol. The van der Waals surface area contributed by atoms with Gasteiger partial charge in [-0.2, -0.15) is 0 Å². The molecule has 78 valence electrons. The Balaban J connectivity index is 3.25. The fourth-order valence-electron chi connectivity index (χ4n) is 1.22. The molecule has 5 heteroatoms. The van der Waals surface area contributed by atoms with Gasteiger partial charge in [0.05, 0.1) is 20.3 Å². The van der Waals surface area contributed by atoms with Crippen molar-refractivity contribution in [2.75, 3.05) is 7.11 Å². The highest BCUT2D eigenvalue weighted by atomic mass is 79.9. The first-order valence-electron chi connectivity index (χ1n) is 4.22. The summed E-state index contributed by atoms with van der Waals surface area (Å²) < 4.78 is 18.1. The quantitative estimate of drug-likeness (QED) is 0.608. The van der Waals surface area contributed by atoms with Gasteiger partial charge in [-0.3, -0.25) is 4.79 Å². The highest BCUT2D eigenvalue weighted by molar-refractivity contribution is 9.10. The number of carbonyl (C=O) groups is 1. The zero-order valence-corrected chi connectivity index (χ0v) is 9.97. The Hall–Kier alpha value is -0.835. The number of carbonyl (C=O) groups excluding carboxylic acids is 1. The smallest absolute Gasteiger partial charge is 0.306 e. The van der Waals surface area contributed by atoms with E-state index in [4.69, 9.17) is 7.85 Å². The Bertz CT molecular complexity index is 393. The van der Waals surface area contributed by atoms with Crippen LogP contribution in [0.3, 0.4) is 0 Å². The van der Waals surface area contributed by atoms with Crippen LogP contribution in [0, 0.1) is 5.82 Å². The SMILES string of the molecule is [B]C(C)(C(=O)OC)c1cc(F)ccc1Br. The Kier molecular flexibility index (Phi) is 3.55. The maximum Gasteiger partial charge on any atom is 0.306 e. The summed E-state index contributed by atoms with van der Waals surface area (Å²) in [5, 5.41) is -1.37. The van der Waals surface area contributed by atoms with Crippen LogP contribution >= 0.6 is 15.9 Å². The molecule has 1 unspecified atom stereocenters. The molecule has 0 aliphatic heterocycles. The number of hydrogen-bond acceptors (Lipinski definition) is 2. The van der Waals surface area contributed by atoms with E-state index in [9.17, 15) is 9.18 Å². The van der Waals surface area contributed by atoms with Crippen LogP contribution in [0.25, 0.3) is 0 Å². The van der Waals surface area contributed by atoms with Gasteiger partial charge in [-0.05, 0) is 23.8 Å². The van der Waals surface area contributed by atoms with Crippen molar-refractivity contribution in [1.82, 2.24) is 0 Å². The fourth-order valence-corrected chi connectivity index (χ4v) is 1.88. The molecule has 0 saturated carbocycles. The van der Waals surface area contributed by atoms with Crippen molar-refractivity contribution in [2.24, 2.45) is 0 Å². The second kappa shape index (κ2) is 4.35. The Morgan fingerprint density at radius 3 is 2.73 bits per heavy atom. The number of hydrogen-bond donors (Lipinski definition) is 0. The van der Waals surface area contributed by atoms with E-state index in [0.29, 0.717) is 10.0 Å². The minimum atomic E-state index is -1.37. The zero-order valence-electron chi connectivity index (χ0n) is 8.38. The molecule has 0 fully saturated rings. The number of halogens is 2. The normalized spacial score (nSPS) is 14.4. The molecule has 1 aromatic carbocycles. The van der Waals surface area contributed by atoms with Gasteiger partial charge in [-0.15, -0.1) is 0 Å². The van der Waals surface area contributed by atoms with Gasteiger partial charge < -0.3 is 4.74 Å². The number of benzene rings is 1. The molecule has 0 amide bonds. The van der Waals surface area contributed by atoms with Crippen LogP contribution in [0.5, 0.6) is 0 Å². The van der Waals surface area contributed by atoms with E-state index in [-0.39, 0.29) is 0 Å². The molecule has 0 heterocycles. The molecular weight excluding hydrogens is 262 g/mol. The molecule has 2 radical (unpaired) electrons. The lowest BCUT2D eigenvalue weighted by atomic mass is 9.66. The Morgan fingerprint density at radius 1 is 1.60 bits per heavy atom. The maximum absolute atomic E-state index is 13.0. The third kappa shape index (κ3) is 2.40. The molecule has 1 rings (SSSR count). The van der Waals surface area contributed by atoms with E-state index in [1.807, 2.05) is 0 Å². The number of ether oxygens (including phenoxy) is 1. The first kappa shape index (κ1) is 12.2. The predicted molar refractivity (Wildman–Crippen MR) is 59.2 cm³/mol. The van der Waals surface area contributed by atoms with E-state index in [0.717, 1.165) is 0 Å². The largest absolute Gasteiger partial charge is 0.469 e. The number of methoxy groups -OCH3 is 1. The van der Waals surface area contributed by atoms with E-state index < -0.39 is 17.1 Å². The molecule has 2 nitrogen and oxygen atoms in total. The van der Waals surface area contributed by atoms with Crippen molar-refractivity contribution in [3.05, 3.63) is 34.1 Å². The first-order valence-corrected chi connectivity index (χ1v) is 5.01. The molecule has 15 heavy (non-hydrogen) atoms. The van der Waals surface area contributed by atoms with Crippen LogP contribution < -0.4 is 0 Å². The van der Waals surface area contributed by atoms with Crippen molar-refractivity contribution in [1.29, 1.82) is 0 Å². The molecule has 1 atom stereocenters. The van der Waals surface area contributed by atoms with Crippen LogP contribution in [-0.4, -0.2) is 20.9 Å². The van der Waals surface area contributed by atoms with Crippen molar-refractivity contribution >= 4 is 29.7 Å². The maximum atomic E-state index is 13.0. The number of esters is 1. The summed E-state index contributed by atoms with van der Waals surface area (Å²) in [7, 11) is 7.03. The van der Waals surface area contributed by atoms with Gasteiger partial charge in [-0.25, -0.2) is 4.39 Å². The van der Waals surface area contributed by atoms with Gasteiger partial charge >= 0.3 is 5.97 Å². The van der Waals surface area contributed by atoms with Crippen molar-refractivity contribution in [3.8, 4) is 0 Å². The molecular formula is C10H9BBrFO2. The summed E-state index contributed by atoms with van der Waals surface area (Å²) in [5.41, 5.74) is 0.356. The lowest BCUT2D eigenvalue weighted by molar-refractivity contribution is -0.143. The minimum Gasteiger partial charge on any atom is -0.469 e. The highest BCUT2D eigenvalue weighted by Crippen LogP contribution is 2.29. The molecule has 1 aromatic rings. The molecule has 0 aliphatic carbocycles. The molecule has 0 saturated heterocycles. The zero-order chi connectivity index (χ0) is 11.6. The molecule has 0 spiro atoms. The van der Waals surface area contributed by atoms with Crippen LogP contribution in [0.4, 0.5) is 4.39 Å². The lowest BCUT2D eigenvalue weighted by Crippen LogP contribution is -2.34. The van der Waals surface area contributed by atoms with Crippen molar-refractivity contribution < 1.29 is 13.9 Å². The van der Waals surface area contributed by atoms with Crippen molar-refractivity contribution in [2.45, 2.75) is 12.2 Å². The predicted octanol–water partition coefficient (Wildman–Crippen LogP) is 2.14. The second-order valence-electron chi connectivity index (χ2n) is 3.32. The van der Waals surface area contributed by atoms with Crippen LogP contribution in [0.2, 0.25) is 0 Å². The van der Waals surface area contributed by atoms with E-state index in [1.54, 1.807) is 0 Å². The van der Waals surface area contributed by atoms with Gasteiger partial charge in [0, 0.05) is 4.47 Å². The summed E-state index contributed by atoms with van der Waals surface area (Å²) in [6.07, 6.45) is 0. The van der Waals surface area contributed by atoms with Gasteiger partial charge in [0.2, 0.25) is 0 Å². The van der Waals surface area contributed by atoms with Gasteiger partial charge in [0.15, 0.2) is 0 Å². The van der Waals surface area contributed by atoms with Crippen molar-refractivity contribution in [3.63, 3.8) is 0 Å². The van der Waals surface area contributed by atoms with Crippen LogP contribution in [0.15, 0.2) is 22.7 Å². The minimum absolute atomic E-state index is 0.356. The summed E-state index contributed by atoms with van der Waals surface area (Å²) in [6, 6.07) is 3.99. The van der Waals surface area contributed by atoms with E-state index in [2.05, 4.69) is 20.7 Å². The number of rotatable bonds is 2. The van der Waals surface area contributed by atoms with E-state index >= 15 is 0 Å².